The second-order valence-corrected chi connectivity index (χ2v) is 5.13. The molecular formula is C12H9IN4. The number of benzene rings is 1. The van der Waals surface area contributed by atoms with Gasteiger partial charge in [0.1, 0.15) is 11.2 Å². The van der Waals surface area contributed by atoms with E-state index in [0.29, 0.717) is 0 Å². The standard InChI is InChI=1S/C12H9IN4/c13-17-7-3-6-16-11-10(15-12(16)17)8-4-1-2-5-9(8)14-11/h1-5,7,14H,6H2. The summed E-state index contributed by atoms with van der Waals surface area (Å²) >= 11 is 2.25. The maximum atomic E-state index is 4.72. The summed E-state index contributed by atoms with van der Waals surface area (Å²) in [7, 11) is 0. The first-order chi connectivity index (χ1) is 8.34. The zero-order valence-corrected chi connectivity index (χ0v) is 11.0. The molecule has 1 aromatic carbocycles. The zero-order valence-electron chi connectivity index (χ0n) is 8.89. The van der Waals surface area contributed by atoms with Crippen LogP contribution in [0.25, 0.3) is 22.1 Å². The summed E-state index contributed by atoms with van der Waals surface area (Å²) in [5.74, 6) is 0.986. The maximum Gasteiger partial charge on any atom is 0.221 e. The molecule has 3 heterocycles. The van der Waals surface area contributed by atoms with Gasteiger partial charge in [0.15, 0.2) is 0 Å². The molecule has 2 aromatic heterocycles. The van der Waals surface area contributed by atoms with Crippen molar-refractivity contribution in [2.24, 2.45) is 0 Å². The smallest absolute Gasteiger partial charge is 0.221 e. The number of hydrogen-bond acceptors (Lipinski definition) is 2. The van der Waals surface area contributed by atoms with Gasteiger partial charge in [-0.3, -0.25) is 7.68 Å². The van der Waals surface area contributed by atoms with Gasteiger partial charge >= 0.3 is 0 Å². The quantitative estimate of drug-likeness (QED) is 0.506. The lowest BCUT2D eigenvalue weighted by atomic mass is 10.2. The normalized spacial score (nSPS) is 14.8. The zero-order chi connectivity index (χ0) is 11.4. The summed E-state index contributed by atoms with van der Waals surface area (Å²) in [4.78, 5) is 8.16. The van der Waals surface area contributed by atoms with Crippen molar-refractivity contribution >= 4 is 50.9 Å². The summed E-state index contributed by atoms with van der Waals surface area (Å²) in [6, 6.07) is 8.29. The van der Waals surface area contributed by atoms with E-state index in [0.717, 1.165) is 29.2 Å². The third-order valence-corrected chi connectivity index (χ3v) is 3.85. The van der Waals surface area contributed by atoms with E-state index in [4.69, 9.17) is 4.98 Å². The van der Waals surface area contributed by atoms with Crippen LogP contribution in [0.3, 0.4) is 0 Å². The highest BCUT2D eigenvalue weighted by molar-refractivity contribution is 14.1. The molecule has 0 spiro atoms. The van der Waals surface area contributed by atoms with Crippen LogP contribution in [0.2, 0.25) is 0 Å². The number of para-hydroxylation sites is 1. The number of rotatable bonds is 0. The van der Waals surface area contributed by atoms with E-state index in [1.807, 2.05) is 21.4 Å². The van der Waals surface area contributed by atoms with Crippen LogP contribution in [0.5, 0.6) is 0 Å². The minimum Gasteiger partial charge on any atom is -0.339 e. The summed E-state index contributed by atoms with van der Waals surface area (Å²) < 4.78 is 4.21. The molecule has 4 nitrogen and oxygen atoms in total. The van der Waals surface area contributed by atoms with Crippen LogP contribution in [0, 0.1) is 0 Å². The molecule has 0 bridgehead atoms. The second kappa shape index (κ2) is 3.25. The Balaban J connectivity index is 2.15. The molecule has 0 unspecified atom stereocenters. The van der Waals surface area contributed by atoms with Crippen molar-refractivity contribution < 1.29 is 0 Å². The Morgan fingerprint density at radius 3 is 3.12 bits per heavy atom. The number of imidazole rings is 1. The third kappa shape index (κ3) is 1.20. The van der Waals surface area contributed by atoms with Gasteiger partial charge < -0.3 is 4.98 Å². The van der Waals surface area contributed by atoms with Gasteiger partial charge in [0, 0.05) is 23.6 Å². The lowest BCUT2D eigenvalue weighted by Gasteiger charge is -2.16. The second-order valence-electron chi connectivity index (χ2n) is 4.09. The van der Waals surface area contributed by atoms with Gasteiger partial charge in [-0.15, -0.1) is 0 Å². The number of allylic oxidation sites excluding steroid dienone is 1. The number of nitrogens with zero attached hydrogens (tertiary/aromatic N) is 3. The van der Waals surface area contributed by atoms with E-state index in [1.165, 1.54) is 5.39 Å². The highest BCUT2D eigenvalue weighted by Gasteiger charge is 2.19. The predicted molar refractivity (Wildman–Crippen MR) is 77.2 cm³/mol. The van der Waals surface area contributed by atoms with Gasteiger partial charge in [-0.1, -0.05) is 18.2 Å². The number of halogens is 1. The summed E-state index contributed by atoms with van der Waals surface area (Å²) in [5.41, 5.74) is 3.31. The van der Waals surface area contributed by atoms with Crippen LogP contribution in [0.1, 0.15) is 0 Å². The van der Waals surface area contributed by atoms with Crippen LogP contribution in [0.15, 0.2) is 36.5 Å². The van der Waals surface area contributed by atoms with E-state index in [9.17, 15) is 0 Å². The SMILES string of the molecule is IN1C=CCn2c1nc1c3ccccc3[nH]c12. The molecule has 0 amide bonds. The van der Waals surface area contributed by atoms with Crippen molar-refractivity contribution in [3.63, 3.8) is 0 Å². The molecular weight excluding hydrogens is 327 g/mol. The van der Waals surface area contributed by atoms with E-state index >= 15 is 0 Å². The number of hydrogen-bond donors (Lipinski definition) is 1. The van der Waals surface area contributed by atoms with Crippen molar-refractivity contribution in [3.05, 3.63) is 36.5 Å². The number of fused-ring (bicyclic) bond motifs is 5. The molecule has 0 atom stereocenters. The first-order valence-corrected chi connectivity index (χ1v) is 6.40. The Kier molecular flexibility index (Phi) is 1.82. The molecule has 5 heteroatoms. The lowest BCUT2D eigenvalue weighted by molar-refractivity contribution is 0.822. The Labute approximate surface area is 111 Å². The summed E-state index contributed by atoms with van der Waals surface area (Å²) in [5, 5.41) is 1.19. The van der Waals surface area contributed by atoms with Crippen molar-refractivity contribution in [2.45, 2.75) is 6.54 Å². The van der Waals surface area contributed by atoms with E-state index < -0.39 is 0 Å². The van der Waals surface area contributed by atoms with Crippen LogP contribution >= 0.6 is 22.9 Å². The molecule has 1 aliphatic heterocycles. The lowest BCUT2D eigenvalue weighted by Crippen LogP contribution is -2.13. The summed E-state index contributed by atoms with van der Waals surface area (Å²) in [6.07, 6.45) is 4.18. The fourth-order valence-corrected chi connectivity index (χ4v) is 2.93. The molecule has 0 radical (unpaired) electrons. The largest absolute Gasteiger partial charge is 0.339 e. The molecule has 0 saturated carbocycles. The molecule has 0 saturated heterocycles. The fourth-order valence-electron chi connectivity index (χ4n) is 2.33. The topological polar surface area (TPSA) is 36.9 Å². The van der Waals surface area contributed by atoms with Crippen molar-refractivity contribution in [1.29, 1.82) is 0 Å². The van der Waals surface area contributed by atoms with Crippen LogP contribution in [-0.4, -0.2) is 14.5 Å². The molecule has 0 aliphatic carbocycles. The van der Waals surface area contributed by atoms with Crippen molar-refractivity contribution in [3.8, 4) is 0 Å². The number of aromatic nitrogens is 3. The maximum absolute atomic E-state index is 4.72. The first-order valence-electron chi connectivity index (χ1n) is 5.43. The Morgan fingerprint density at radius 1 is 1.29 bits per heavy atom. The summed E-state index contributed by atoms with van der Waals surface area (Å²) in [6.45, 7) is 0.873. The highest BCUT2D eigenvalue weighted by atomic mass is 127. The van der Waals surface area contributed by atoms with Crippen LogP contribution < -0.4 is 3.11 Å². The number of nitrogens with one attached hydrogen (secondary N) is 1. The molecule has 3 aromatic rings. The molecule has 1 N–H and O–H groups in total. The fraction of sp³-hybridized carbons (Fsp3) is 0.0833. The number of aromatic amines is 1. The average Bonchev–Trinajstić information content (AvgIpc) is 2.87. The minimum atomic E-state index is 0.873. The molecule has 17 heavy (non-hydrogen) atoms. The van der Waals surface area contributed by atoms with Gasteiger partial charge in [0.25, 0.3) is 0 Å². The van der Waals surface area contributed by atoms with E-state index in [-0.39, 0.29) is 0 Å². The highest BCUT2D eigenvalue weighted by Crippen LogP contribution is 2.31. The van der Waals surface area contributed by atoms with Crippen molar-refractivity contribution in [2.75, 3.05) is 3.11 Å². The van der Waals surface area contributed by atoms with Gasteiger partial charge in [0.05, 0.1) is 22.9 Å². The van der Waals surface area contributed by atoms with Gasteiger partial charge in [-0.2, -0.15) is 0 Å². The minimum absolute atomic E-state index is 0.873. The van der Waals surface area contributed by atoms with Gasteiger partial charge in [0.2, 0.25) is 5.95 Å². The average molecular weight is 336 g/mol. The van der Waals surface area contributed by atoms with Crippen LogP contribution in [-0.2, 0) is 6.54 Å². The Bertz CT molecular complexity index is 752. The molecule has 84 valence electrons. The van der Waals surface area contributed by atoms with Gasteiger partial charge in [-0.25, -0.2) is 4.98 Å². The Hall–Kier alpha value is -1.50. The number of H-pyrrole nitrogens is 1. The monoisotopic (exact) mass is 336 g/mol. The molecule has 1 aliphatic rings. The van der Waals surface area contributed by atoms with Crippen molar-refractivity contribution in [1.82, 2.24) is 14.5 Å². The van der Waals surface area contributed by atoms with E-state index in [1.54, 1.807) is 0 Å². The first kappa shape index (κ1) is 9.52. The molecule has 0 fully saturated rings. The third-order valence-electron chi connectivity index (χ3n) is 3.10. The van der Waals surface area contributed by atoms with E-state index in [2.05, 4.69) is 50.6 Å². The van der Waals surface area contributed by atoms with Crippen LogP contribution in [0.4, 0.5) is 5.95 Å². The Morgan fingerprint density at radius 2 is 2.18 bits per heavy atom. The molecule has 4 rings (SSSR count). The van der Waals surface area contributed by atoms with Gasteiger partial charge in [-0.05, 0) is 12.1 Å². The predicted octanol–water partition coefficient (Wildman–Crippen LogP) is 3.20. The number of anilines is 1.